The summed E-state index contributed by atoms with van der Waals surface area (Å²) in [5.74, 6) is -0.0275. The molecule has 0 aliphatic carbocycles. The normalized spacial score (nSPS) is 9.69. The number of carbonyl (C=O) groups is 1. The highest BCUT2D eigenvalue weighted by Crippen LogP contribution is 1.86. The molecule has 4 nitrogen and oxygen atoms in total. The van der Waals surface area contributed by atoms with Crippen LogP contribution in [-0.2, 0) is 4.79 Å². The first-order valence-electron chi connectivity index (χ1n) is 4.45. The highest BCUT2D eigenvalue weighted by molar-refractivity contribution is 5.75. The van der Waals surface area contributed by atoms with Crippen LogP contribution in [0, 0.1) is 11.3 Å². The van der Waals surface area contributed by atoms with Gasteiger partial charge in [-0.05, 0) is 27.1 Å². The third-order valence-corrected chi connectivity index (χ3v) is 1.57. The zero-order valence-electron chi connectivity index (χ0n) is 8.34. The Labute approximate surface area is 79.5 Å². The van der Waals surface area contributed by atoms with E-state index in [2.05, 4.69) is 10.2 Å². The standard InChI is InChI=1S/C9H17N3O/c1-12(2)8-4-7-11-9(13)5-3-6-10/h3-5,7-8H2,1-2H3,(H,11,13). The lowest BCUT2D eigenvalue weighted by molar-refractivity contribution is -0.121. The van der Waals surface area contributed by atoms with Crippen LogP contribution < -0.4 is 5.32 Å². The van der Waals surface area contributed by atoms with Gasteiger partial charge in [-0.25, -0.2) is 0 Å². The van der Waals surface area contributed by atoms with Crippen molar-refractivity contribution in [1.29, 1.82) is 5.26 Å². The maximum Gasteiger partial charge on any atom is 0.221 e. The minimum atomic E-state index is -0.0275. The molecule has 0 unspecified atom stereocenters. The summed E-state index contributed by atoms with van der Waals surface area (Å²) in [6.07, 6.45) is 1.57. The quantitative estimate of drug-likeness (QED) is 0.605. The first kappa shape index (κ1) is 11.9. The van der Waals surface area contributed by atoms with Crippen molar-refractivity contribution >= 4 is 5.91 Å². The molecule has 0 radical (unpaired) electrons. The Bertz CT molecular complexity index is 184. The van der Waals surface area contributed by atoms with Crippen molar-refractivity contribution in [2.45, 2.75) is 19.3 Å². The predicted molar refractivity (Wildman–Crippen MR) is 51.0 cm³/mol. The van der Waals surface area contributed by atoms with Crippen molar-refractivity contribution < 1.29 is 4.79 Å². The maximum absolute atomic E-state index is 11.0. The SMILES string of the molecule is CN(C)CCCNC(=O)CCC#N. The molecule has 4 heteroatoms. The van der Waals surface area contributed by atoms with Crippen LogP contribution in [0.4, 0.5) is 0 Å². The second-order valence-corrected chi connectivity index (χ2v) is 3.16. The maximum atomic E-state index is 11.0. The van der Waals surface area contributed by atoms with Gasteiger partial charge in [-0.15, -0.1) is 0 Å². The number of hydrogen-bond donors (Lipinski definition) is 1. The average Bonchev–Trinajstić information content (AvgIpc) is 2.08. The summed E-state index contributed by atoms with van der Waals surface area (Å²) in [6, 6.07) is 1.94. The topological polar surface area (TPSA) is 56.1 Å². The molecule has 0 saturated heterocycles. The summed E-state index contributed by atoms with van der Waals surface area (Å²) in [6.45, 7) is 1.67. The van der Waals surface area contributed by atoms with E-state index in [4.69, 9.17) is 5.26 Å². The highest BCUT2D eigenvalue weighted by Gasteiger charge is 1.98. The van der Waals surface area contributed by atoms with Gasteiger partial charge in [0.05, 0.1) is 6.07 Å². The van der Waals surface area contributed by atoms with Crippen molar-refractivity contribution in [2.75, 3.05) is 27.2 Å². The fraction of sp³-hybridized carbons (Fsp3) is 0.778. The van der Waals surface area contributed by atoms with Gasteiger partial charge in [0, 0.05) is 19.4 Å². The Hall–Kier alpha value is -1.08. The molecular weight excluding hydrogens is 166 g/mol. The molecule has 1 amide bonds. The van der Waals surface area contributed by atoms with E-state index in [0.717, 1.165) is 13.0 Å². The van der Waals surface area contributed by atoms with E-state index < -0.39 is 0 Å². The van der Waals surface area contributed by atoms with Crippen molar-refractivity contribution in [3.05, 3.63) is 0 Å². The van der Waals surface area contributed by atoms with Crippen molar-refractivity contribution in [3.63, 3.8) is 0 Å². The second kappa shape index (κ2) is 7.56. The molecule has 0 atom stereocenters. The molecule has 0 aliphatic heterocycles. The number of amides is 1. The number of rotatable bonds is 6. The Morgan fingerprint density at radius 1 is 1.54 bits per heavy atom. The lowest BCUT2D eigenvalue weighted by atomic mass is 10.3. The van der Waals surface area contributed by atoms with Gasteiger partial charge in [0.2, 0.25) is 5.91 Å². The molecule has 0 saturated carbocycles. The van der Waals surface area contributed by atoms with Gasteiger partial charge in [-0.1, -0.05) is 0 Å². The molecule has 13 heavy (non-hydrogen) atoms. The van der Waals surface area contributed by atoms with Crippen molar-refractivity contribution in [2.24, 2.45) is 0 Å². The molecule has 0 bridgehead atoms. The van der Waals surface area contributed by atoms with Gasteiger partial charge in [0.1, 0.15) is 0 Å². The van der Waals surface area contributed by atoms with Crippen LogP contribution in [0.25, 0.3) is 0 Å². The zero-order valence-corrected chi connectivity index (χ0v) is 8.34. The predicted octanol–water partition coefficient (Wildman–Crippen LogP) is 0.358. The van der Waals surface area contributed by atoms with E-state index in [1.165, 1.54) is 0 Å². The van der Waals surface area contributed by atoms with Crippen LogP contribution >= 0.6 is 0 Å². The van der Waals surface area contributed by atoms with Gasteiger partial charge >= 0.3 is 0 Å². The van der Waals surface area contributed by atoms with Crippen LogP contribution in [0.1, 0.15) is 19.3 Å². The fourth-order valence-corrected chi connectivity index (χ4v) is 0.881. The van der Waals surface area contributed by atoms with Gasteiger partial charge in [0.25, 0.3) is 0 Å². The summed E-state index contributed by atoms with van der Waals surface area (Å²) in [5, 5.41) is 11.0. The average molecular weight is 183 g/mol. The van der Waals surface area contributed by atoms with E-state index in [1.54, 1.807) is 0 Å². The molecule has 0 aromatic heterocycles. The third kappa shape index (κ3) is 8.83. The lowest BCUT2D eigenvalue weighted by Crippen LogP contribution is -2.26. The molecule has 0 aliphatic rings. The van der Waals surface area contributed by atoms with Crippen LogP contribution in [0.2, 0.25) is 0 Å². The third-order valence-electron chi connectivity index (χ3n) is 1.57. The summed E-state index contributed by atoms with van der Waals surface area (Å²) < 4.78 is 0. The van der Waals surface area contributed by atoms with E-state index in [1.807, 2.05) is 20.2 Å². The van der Waals surface area contributed by atoms with Crippen LogP contribution in [0.15, 0.2) is 0 Å². The smallest absolute Gasteiger partial charge is 0.221 e. The minimum Gasteiger partial charge on any atom is -0.356 e. The summed E-state index contributed by atoms with van der Waals surface area (Å²) in [5.41, 5.74) is 0. The molecule has 0 aromatic rings. The van der Waals surface area contributed by atoms with E-state index in [-0.39, 0.29) is 5.91 Å². The largest absolute Gasteiger partial charge is 0.356 e. The van der Waals surface area contributed by atoms with Gasteiger partial charge in [-0.2, -0.15) is 5.26 Å². The van der Waals surface area contributed by atoms with Gasteiger partial charge in [0.15, 0.2) is 0 Å². The first-order valence-corrected chi connectivity index (χ1v) is 4.45. The van der Waals surface area contributed by atoms with Gasteiger partial charge < -0.3 is 10.2 Å². The van der Waals surface area contributed by atoms with Gasteiger partial charge in [-0.3, -0.25) is 4.79 Å². The van der Waals surface area contributed by atoms with Crippen molar-refractivity contribution in [1.82, 2.24) is 10.2 Å². The molecular formula is C9H17N3O. The molecule has 74 valence electrons. The Morgan fingerprint density at radius 2 is 2.23 bits per heavy atom. The number of nitrogens with one attached hydrogen (secondary N) is 1. The van der Waals surface area contributed by atoms with E-state index >= 15 is 0 Å². The molecule has 0 spiro atoms. The Morgan fingerprint density at radius 3 is 2.77 bits per heavy atom. The monoisotopic (exact) mass is 183 g/mol. The lowest BCUT2D eigenvalue weighted by Gasteiger charge is -2.09. The fourth-order valence-electron chi connectivity index (χ4n) is 0.881. The molecule has 1 N–H and O–H groups in total. The second-order valence-electron chi connectivity index (χ2n) is 3.16. The summed E-state index contributed by atoms with van der Waals surface area (Å²) in [7, 11) is 4.00. The first-order chi connectivity index (χ1) is 6.16. The Balaban J connectivity index is 3.23. The number of nitrogens with zero attached hydrogens (tertiary/aromatic N) is 2. The molecule has 0 heterocycles. The Kier molecular flexibility index (Phi) is 6.93. The van der Waals surface area contributed by atoms with Crippen LogP contribution in [0.3, 0.4) is 0 Å². The van der Waals surface area contributed by atoms with E-state index in [0.29, 0.717) is 19.4 Å². The number of nitriles is 1. The van der Waals surface area contributed by atoms with E-state index in [9.17, 15) is 4.79 Å². The summed E-state index contributed by atoms with van der Waals surface area (Å²) in [4.78, 5) is 13.0. The van der Waals surface area contributed by atoms with Crippen LogP contribution in [0.5, 0.6) is 0 Å². The number of carbonyl (C=O) groups excluding carboxylic acids is 1. The van der Waals surface area contributed by atoms with Crippen molar-refractivity contribution in [3.8, 4) is 6.07 Å². The van der Waals surface area contributed by atoms with Crippen LogP contribution in [-0.4, -0.2) is 38.0 Å². The molecule has 0 aromatic carbocycles. The highest BCUT2D eigenvalue weighted by atomic mass is 16.1. The molecule has 0 rings (SSSR count). The zero-order chi connectivity index (χ0) is 10.1. The minimum absolute atomic E-state index is 0.0275. The molecule has 0 fully saturated rings. The number of hydrogen-bond acceptors (Lipinski definition) is 3. The summed E-state index contributed by atoms with van der Waals surface area (Å²) >= 11 is 0.